The molecule has 0 N–H and O–H groups in total. The van der Waals surface area contributed by atoms with Crippen molar-refractivity contribution in [3.8, 4) is 0 Å². The van der Waals surface area contributed by atoms with E-state index in [9.17, 15) is 9.59 Å². The van der Waals surface area contributed by atoms with Crippen LogP contribution in [0.5, 0.6) is 0 Å². The Kier molecular flexibility index (Phi) is 2.64. The first-order valence-electron chi connectivity index (χ1n) is 6.16. The first-order chi connectivity index (χ1) is 9.52. The van der Waals surface area contributed by atoms with Gasteiger partial charge in [0.05, 0.1) is 18.3 Å². The summed E-state index contributed by atoms with van der Waals surface area (Å²) in [6, 6.07) is 5.44. The number of carbonyl (C=O) groups is 1. The van der Waals surface area contributed by atoms with Gasteiger partial charge < -0.3 is 13.6 Å². The fourth-order valence-corrected chi connectivity index (χ4v) is 2.40. The Bertz CT molecular complexity index is 902. The quantitative estimate of drug-likeness (QED) is 0.638. The number of pyridine rings is 1. The van der Waals surface area contributed by atoms with E-state index in [2.05, 4.69) is 4.74 Å². The van der Waals surface area contributed by atoms with Crippen LogP contribution in [0, 0.1) is 13.8 Å². The zero-order chi connectivity index (χ0) is 14.4. The highest BCUT2D eigenvalue weighted by Crippen LogP contribution is 2.26. The maximum absolute atomic E-state index is 11.9. The average Bonchev–Trinajstić information content (AvgIpc) is 2.70. The number of hydrogen-bond acceptors (Lipinski definition) is 4. The molecule has 0 saturated carbocycles. The molecule has 0 unspecified atom stereocenters. The number of aromatic nitrogens is 1. The Morgan fingerprint density at radius 2 is 2.05 bits per heavy atom. The fourth-order valence-electron chi connectivity index (χ4n) is 2.40. The zero-order valence-electron chi connectivity index (χ0n) is 11.4. The number of rotatable bonds is 1. The number of carbonyl (C=O) groups excluding carboxylic acids is 1. The molecule has 3 heterocycles. The average molecular weight is 271 g/mol. The summed E-state index contributed by atoms with van der Waals surface area (Å²) in [5, 5.41) is 0.725. The molecule has 0 fully saturated rings. The van der Waals surface area contributed by atoms with Crippen molar-refractivity contribution in [3.05, 3.63) is 51.6 Å². The van der Waals surface area contributed by atoms with Crippen LogP contribution in [0.3, 0.4) is 0 Å². The molecule has 3 aromatic heterocycles. The van der Waals surface area contributed by atoms with Crippen molar-refractivity contribution in [3.63, 3.8) is 0 Å². The van der Waals surface area contributed by atoms with Gasteiger partial charge in [-0.2, -0.15) is 0 Å². The Morgan fingerprint density at radius 1 is 1.30 bits per heavy atom. The predicted molar refractivity (Wildman–Crippen MR) is 74.3 cm³/mol. The minimum absolute atomic E-state index is 0.0897. The summed E-state index contributed by atoms with van der Waals surface area (Å²) in [5.41, 5.74) is 2.53. The molecule has 3 aromatic rings. The largest absolute Gasteiger partial charge is 0.465 e. The van der Waals surface area contributed by atoms with E-state index in [1.54, 1.807) is 0 Å². The molecule has 0 radical (unpaired) electrons. The second-order valence-corrected chi connectivity index (χ2v) is 4.73. The van der Waals surface area contributed by atoms with Gasteiger partial charge in [-0.25, -0.2) is 9.59 Å². The van der Waals surface area contributed by atoms with E-state index in [1.807, 2.05) is 36.6 Å². The molecular formula is C15H13NO4. The first kappa shape index (κ1) is 12.5. The highest BCUT2D eigenvalue weighted by atomic mass is 16.5. The maximum Gasteiger partial charge on any atom is 0.351 e. The Hall–Kier alpha value is -2.56. The van der Waals surface area contributed by atoms with E-state index < -0.39 is 11.6 Å². The van der Waals surface area contributed by atoms with Gasteiger partial charge in [0.1, 0.15) is 5.56 Å². The lowest BCUT2D eigenvalue weighted by Crippen LogP contribution is -2.14. The first-order valence-corrected chi connectivity index (χ1v) is 6.16. The predicted octanol–water partition coefficient (Wildman–Crippen LogP) is 2.45. The van der Waals surface area contributed by atoms with E-state index in [0.717, 1.165) is 22.2 Å². The summed E-state index contributed by atoms with van der Waals surface area (Å²) in [6.07, 6.45) is 1.96. The summed E-state index contributed by atoms with van der Waals surface area (Å²) in [6.45, 7) is 3.86. The van der Waals surface area contributed by atoms with Crippen molar-refractivity contribution in [1.82, 2.24) is 4.40 Å². The van der Waals surface area contributed by atoms with Crippen LogP contribution in [-0.2, 0) is 4.74 Å². The second kappa shape index (κ2) is 4.23. The van der Waals surface area contributed by atoms with E-state index in [0.29, 0.717) is 5.58 Å². The Morgan fingerprint density at radius 3 is 2.75 bits per heavy atom. The molecule has 0 aromatic carbocycles. The number of fused-ring (bicyclic) bond motifs is 3. The Labute approximate surface area is 114 Å². The summed E-state index contributed by atoms with van der Waals surface area (Å²) < 4.78 is 11.8. The van der Waals surface area contributed by atoms with Gasteiger partial charge in [0.25, 0.3) is 0 Å². The lowest BCUT2D eigenvalue weighted by Gasteiger charge is -1.98. The van der Waals surface area contributed by atoms with Gasteiger partial charge in [-0.15, -0.1) is 0 Å². The van der Waals surface area contributed by atoms with E-state index in [-0.39, 0.29) is 5.56 Å². The van der Waals surface area contributed by atoms with Gasteiger partial charge in [-0.1, -0.05) is 6.07 Å². The van der Waals surface area contributed by atoms with Crippen LogP contribution in [0.4, 0.5) is 0 Å². The topological polar surface area (TPSA) is 60.9 Å². The molecule has 0 saturated heterocycles. The van der Waals surface area contributed by atoms with Crippen LogP contribution < -0.4 is 5.63 Å². The minimum atomic E-state index is -0.690. The third kappa shape index (κ3) is 1.63. The SMILES string of the molecule is COC(=O)c1cc2c(oc1=O)c(C)n1cc(C)ccc21. The highest BCUT2D eigenvalue weighted by molar-refractivity contribution is 6.00. The van der Waals surface area contributed by atoms with Crippen molar-refractivity contribution in [1.29, 1.82) is 0 Å². The number of nitrogens with zero attached hydrogens (tertiary/aromatic N) is 1. The summed E-state index contributed by atoms with van der Waals surface area (Å²) in [7, 11) is 1.23. The number of hydrogen-bond donors (Lipinski definition) is 0. The summed E-state index contributed by atoms with van der Waals surface area (Å²) in [5.74, 6) is -0.690. The van der Waals surface area contributed by atoms with Crippen molar-refractivity contribution >= 4 is 22.5 Å². The van der Waals surface area contributed by atoms with Crippen LogP contribution in [0.25, 0.3) is 16.5 Å². The molecular weight excluding hydrogens is 258 g/mol. The lowest BCUT2D eigenvalue weighted by molar-refractivity contribution is 0.0596. The van der Waals surface area contributed by atoms with E-state index >= 15 is 0 Å². The van der Waals surface area contributed by atoms with Crippen LogP contribution in [0.1, 0.15) is 21.6 Å². The van der Waals surface area contributed by atoms with E-state index in [4.69, 9.17) is 4.42 Å². The molecule has 5 nitrogen and oxygen atoms in total. The van der Waals surface area contributed by atoms with Crippen LogP contribution in [-0.4, -0.2) is 17.5 Å². The molecule has 0 bridgehead atoms. The van der Waals surface area contributed by atoms with Gasteiger partial charge >= 0.3 is 11.6 Å². The van der Waals surface area contributed by atoms with Gasteiger partial charge in [0, 0.05) is 11.6 Å². The standard InChI is InChI=1S/C15H13NO4/c1-8-4-5-12-10-6-11(14(17)19-3)15(18)20-13(10)9(2)16(12)7-8/h4-7H,1-3H3. The molecule has 3 rings (SSSR count). The van der Waals surface area contributed by atoms with Crippen molar-refractivity contribution in [2.45, 2.75) is 13.8 Å². The number of ether oxygens (including phenoxy) is 1. The third-order valence-electron chi connectivity index (χ3n) is 3.42. The molecule has 0 amide bonds. The molecule has 0 atom stereocenters. The van der Waals surface area contributed by atoms with Crippen LogP contribution >= 0.6 is 0 Å². The van der Waals surface area contributed by atoms with Gasteiger partial charge in [-0.05, 0) is 31.5 Å². The van der Waals surface area contributed by atoms with Crippen molar-refractivity contribution in [2.24, 2.45) is 0 Å². The Balaban J connectivity index is 2.48. The van der Waals surface area contributed by atoms with Crippen molar-refractivity contribution < 1.29 is 13.9 Å². The molecule has 0 aliphatic heterocycles. The third-order valence-corrected chi connectivity index (χ3v) is 3.42. The number of methoxy groups -OCH3 is 1. The normalized spacial score (nSPS) is 11.2. The maximum atomic E-state index is 11.9. The molecule has 5 heteroatoms. The summed E-state index contributed by atoms with van der Waals surface area (Å²) in [4.78, 5) is 23.4. The minimum Gasteiger partial charge on any atom is -0.465 e. The molecule has 0 aliphatic rings. The van der Waals surface area contributed by atoms with Crippen molar-refractivity contribution in [2.75, 3.05) is 7.11 Å². The van der Waals surface area contributed by atoms with Crippen LogP contribution in [0.2, 0.25) is 0 Å². The lowest BCUT2D eigenvalue weighted by atomic mass is 10.2. The molecule has 102 valence electrons. The zero-order valence-corrected chi connectivity index (χ0v) is 11.4. The number of aryl methyl sites for hydroxylation is 2. The molecule has 20 heavy (non-hydrogen) atoms. The smallest absolute Gasteiger partial charge is 0.351 e. The van der Waals surface area contributed by atoms with Gasteiger partial charge in [-0.3, -0.25) is 0 Å². The molecule has 0 spiro atoms. The monoisotopic (exact) mass is 271 g/mol. The number of esters is 1. The second-order valence-electron chi connectivity index (χ2n) is 4.73. The summed E-state index contributed by atoms with van der Waals surface area (Å²) >= 11 is 0. The van der Waals surface area contributed by atoms with Gasteiger partial charge in [0.15, 0.2) is 5.58 Å². The van der Waals surface area contributed by atoms with Gasteiger partial charge in [0.2, 0.25) is 0 Å². The molecule has 0 aliphatic carbocycles. The van der Waals surface area contributed by atoms with E-state index in [1.165, 1.54) is 13.2 Å². The fraction of sp³-hybridized carbons (Fsp3) is 0.200. The highest BCUT2D eigenvalue weighted by Gasteiger charge is 2.18. The van der Waals surface area contributed by atoms with Crippen LogP contribution in [0.15, 0.2) is 33.6 Å².